The molecule has 7 atom stereocenters. The third-order valence-corrected chi connectivity index (χ3v) is 6.37. The van der Waals surface area contributed by atoms with Crippen LogP contribution in [-0.4, -0.2) is 12.1 Å². The minimum Gasteiger partial charge on any atom is -0.311 e. The summed E-state index contributed by atoms with van der Waals surface area (Å²) in [4.78, 5) is 0. The zero-order valence-corrected chi connectivity index (χ0v) is 12.5. The second-order valence-electron chi connectivity index (χ2n) is 7.80. The molecule has 1 nitrogen and oxygen atoms in total. The highest BCUT2D eigenvalue weighted by atomic mass is 15.0. The van der Waals surface area contributed by atoms with Gasteiger partial charge in [-0.25, -0.2) is 0 Å². The summed E-state index contributed by atoms with van der Waals surface area (Å²) >= 11 is 0. The largest absolute Gasteiger partial charge is 0.311 e. The topological polar surface area (TPSA) is 12.0 Å². The van der Waals surface area contributed by atoms with Crippen molar-refractivity contribution in [3.05, 3.63) is 0 Å². The zero-order chi connectivity index (χ0) is 12.7. The van der Waals surface area contributed by atoms with Crippen LogP contribution in [-0.2, 0) is 0 Å². The van der Waals surface area contributed by atoms with Crippen molar-refractivity contribution in [1.29, 1.82) is 0 Å². The monoisotopic (exact) mass is 249 g/mol. The van der Waals surface area contributed by atoms with E-state index in [0.717, 1.165) is 41.7 Å². The van der Waals surface area contributed by atoms with Gasteiger partial charge in [0.25, 0.3) is 0 Å². The van der Waals surface area contributed by atoms with Gasteiger partial charge < -0.3 is 5.32 Å². The fourth-order valence-electron chi connectivity index (χ4n) is 5.13. The van der Waals surface area contributed by atoms with E-state index in [1.165, 1.54) is 38.5 Å². The second-order valence-corrected chi connectivity index (χ2v) is 7.80. The van der Waals surface area contributed by atoms with Crippen molar-refractivity contribution >= 4 is 0 Å². The van der Waals surface area contributed by atoms with Crippen molar-refractivity contribution in [3.8, 4) is 0 Å². The second kappa shape index (κ2) is 5.15. The Labute approximate surface area is 113 Å². The van der Waals surface area contributed by atoms with E-state index in [1.807, 2.05) is 0 Å². The van der Waals surface area contributed by atoms with Gasteiger partial charge in [-0.1, -0.05) is 26.7 Å². The van der Waals surface area contributed by atoms with Crippen molar-refractivity contribution in [2.75, 3.05) is 0 Å². The minimum atomic E-state index is 0.762. The van der Waals surface area contributed by atoms with Crippen LogP contribution in [0.25, 0.3) is 0 Å². The summed E-state index contributed by atoms with van der Waals surface area (Å²) < 4.78 is 0. The van der Waals surface area contributed by atoms with Gasteiger partial charge in [0, 0.05) is 12.1 Å². The number of nitrogens with one attached hydrogen (secondary N) is 1. The molecule has 18 heavy (non-hydrogen) atoms. The molecule has 3 aliphatic rings. The van der Waals surface area contributed by atoms with Gasteiger partial charge in [-0.2, -0.15) is 0 Å². The molecule has 104 valence electrons. The molecule has 2 bridgehead atoms. The summed E-state index contributed by atoms with van der Waals surface area (Å²) in [7, 11) is 0. The Hall–Kier alpha value is -0.0400. The van der Waals surface area contributed by atoms with E-state index >= 15 is 0 Å². The molecule has 1 N–H and O–H groups in total. The first-order chi connectivity index (χ1) is 8.63. The first-order valence-electron chi connectivity index (χ1n) is 8.39. The fraction of sp³-hybridized carbons (Fsp3) is 1.00. The van der Waals surface area contributed by atoms with Gasteiger partial charge in [-0.05, 0) is 68.6 Å². The summed E-state index contributed by atoms with van der Waals surface area (Å²) in [5.74, 6) is 4.97. The van der Waals surface area contributed by atoms with Gasteiger partial charge in [0.05, 0.1) is 0 Å². The van der Waals surface area contributed by atoms with Crippen molar-refractivity contribution in [1.82, 2.24) is 5.32 Å². The Morgan fingerprint density at radius 1 is 0.944 bits per heavy atom. The first kappa shape index (κ1) is 13.0. The van der Waals surface area contributed by atoms with E-state index in [-0.39, 0.29) is 0 Å². The molecular weight excluding hydrogens is 218 g/mol. The van der Waals surface area contributed by atoms with Crippen LogP contribution in [0.5, 0.6) is 0 Å². The standard InChI is InChI=1S/C17H31N/c1-11-4-5-12(2)17(8-11)18-13(3)16-10-14-6-7-15(16)9-14/h11-18H,4-10H2,1-3H3. The minimum absolute atomic E-state index is 0.762. The average molecular weight is 249 g/mol. The van der Waals surface area contributed by atoms with Crippen molar-refractivity contribution in [2.45, 2.75) is 77.8 Å². The van der Waals surface area contributed by atoms with Crippen LogP contribution in [0.1, 0.15) is 65.7 Å². The molecule has 3 aliphatic carbocycles. The Bertz CT molecular complexity index is 287. The molecule has 0 aromatic carbocycles. The third-order valence-electron chi connectivity index (χ3n) is 6.37. The summed E-state index contributed by atoms with van der Waals surface area (Å²) in [5.41, 5.74) is 0. The molecule has 0 heterocycles. The van der Waals surface area contributed by atoms with Crippen LogP contribution in [0.15, 0.2) is 0 Å². The molecule has 0 aromatic rings. The summed E-state index contributed by atoms with van der Waals surface area (Å²) in [6, 6.07) is 1.56. The highest BCUT2D eigenvalue weighted by Crippen LogP contribution is 2.49. The molecule has 0 radical (unpaired) electrons. The van der Waals surface area contributed by atoms with Crippen LogP contribution in [0, 0.1) is 29.6 Å². The fourth-order valence-corrected chi connectivity index (χ4v) is 5.13. The Morgan fingerprint density at radius 2 is 1.78 bits per heavy atom. The maximum atomic E-state index is 4.03. The van der Waals surface area contributed by atoms with Crippen LogP contribution in [0.3, 0.4) is 0 Å². The van der Waals surface area contributed by atoms with E-state index in [9.17, 15) is 0 Å². The molecule has 3 saturated carbocycles. The van der Waals surface area contributed by atoms with Crippen LogP contribution in [0.4, 0.5) is 0 Å². The van der Waals surface area contributed by atoms with Gasteiger partial charge in [0.15, 0.2) is 0 Å². The van der Waals surface area contributed by atoms with Gasteiger partial charge in [-0.15, -0.1) is 0 Å². The van der Waals surface area contributed by atoms with Crippen molar-refractivity contribution in [3.63, 3.8) is 0 Å². The van der Waals surface area contributed by atoms with E-state index in [0.29, 0.717) is 0 Å². The maximum Gasteiger partial charge on any atom is 0.00978 e. The number of fused-ring (bicyclic) bond motifs is 2. The smallest absolute Gasteiger partial charge is 0.00978 e. The quantitative estimate of drug-likeness (QED) is 0.789. The summed E-state index contributed by atoms with van der Waals surface area (Å²) in [6.45, 7) is 7.36. The maximum absolute atomic E-state index is 4.03. The third kappa shape index (κ3) is 2.48. The SMILES string of the molecule is CC1CCC(C)C(NC(C)C2CC3CCC2C3)C1. The Balaban J connectivity index is 1.55. The average Bonchev–Trinajstić information content (AvgIpc) is 2.96. The molecule has 0 saturated heterocycles. The van der Waals surface area contributed by atoms with E-state index < -0.39 is 0 Å². The predicted molar refractivity (Wildman–Crippen MR) is 77.5 cm³/mol. The highest BCUT2D eigenvalue weighted by molar-refractivity contribution is 4.95. The number of rotatable bonds is 3. The summed E-state index contributed by atoms with van der Waals surface area (Å²) in [6.07, 6.45) is 10.4. The highest BCUT2D eigenvalue weighted by Gasteiger charge is 2.42. The van der Waals surface area contributed by atoms with Crippen LogP contribution < -0.4 is 5.32 Å². The zero-order valence-electron chi connectivity index (χ0n) is 12.5. The molecule has 3 fully saturated rings. The first-order valence-corrected chi connectivity index (χ1v) is 8.39. The van der Waals surface area contributed by atoms with Crippen molar-refractivity contribution < 1.29 is 0 Å². The number of hydrogen-bond donors (Lipinski definition) is 1. The molecule has 0 aliphatic heterocycles. The lowest BCUT2D eigenvalue weighted by Crippen LogP contribution is -2.47. The van der Waals surface area contributed by atoms with Crippen LogP contribution >= 0.6 is 0 Å². The van der Waals surface area contributed by atoms with E-state index in [4.69, 9.17) is 0 Å². The number of hydrogen-bond acceptors (Lipinski definition) is 1. The van der Waals surface area contributed by atoms with Gasteiger partial charge in [0.2, 0.25) is 0 Å². The van der Waals surface area contributed by atoms with Gasteiger partial charge >= 0.3 is 0 Å². The lowest BCUT2D eigenvalue weighted by molar-refractivity contribution is 0.176. The Morgan fingerprint density at radius 3 is 2.44 bits per heavy atom. The molecular formula is C17H31N. The van der Waals surface area contributed by atoms with Crippen LogP contribution in [0.2, 0.25) is 0 Å². The Kier molecular flexibility index (Phi) is 3.71. The lowest BCUT2D eigenvalue weighted by atomic mass is 9.78. The van der Waals surface area contributed by atoms with E-state index in [2.05, 4.69) is 26.1 Å². The van der Waals surface area contributed by atoms with E-state index in [1.54, 1.807) is 6.42 Å². The normalized spacial score (nSPS) is 49.5. The van der Waals surface area contributed by atoms with Gasteiger partial charge in [-0.3, -0.25) is 0 Å². The molecule has 0 aromatic heterocycles. The molecule has 3 rings (SSSR count). The molecule has 0 spiro atoms. The lowest BCUT2D eigenvalue weighted by Gasteiger charge is -2.38. The van der Waals surface area contributed by atoms with Crippen molar-refractivity contribution in [2.24, 2.45) is 29.6 Å². The predicted octanol–water partition coefficient (Wildman–Crippen LogP) is 4.23. The summed E-state index contributed by atoms with van der Waals surface area (Å²) in [5, 5.41) is 4.03. The van der Waals surface area contributed by atoms with Gasteiger partial charge in [0.1, 0.15) is 0 Å². The molecule has 0 amide bonds. The molecule has 1 heteroatoms. The molecule has 7 unspecified atom stereocenters.